The minimum Gasteiger partial charge on any atom is -0.322 e. The first-order valence-electron chi connectivity index (χ1n) is 8.37. The Hall–Kier alpha value is -3.87. The number of anilines is 2. The molecule has 1 aromatic heterocycles. The highest BCUT2D eigenvalue weighted by Crippen LogP contribution is 2.15. The van der Waals surface area contributed by atoms with Crippen molar-refractivity contribution in [2.24, 2.45) is 0 Å². The van der Waals surface area contributed by atoms with Crippen molar-refractivity contribution in [3.05, 3.63) is 89.5 Å². The number of carbonyl (C=O) groups excluding carboxylic acids is 3. The van der Waals surface area contributed by atoms with Gasteiger partial charge in [-0.15, -0.1) is 0 Å². The summed E-state index contributed by atoms with van der Waals surface area (Å²) in [6, 6.07) is 13.6. The molecule has 0 atom stereocenters. The maximum Gasteiger partial charge on any atom is 0.257 e. The van der Waals surface area contributed by atoms with Gasteiger partial charge in [0, 0.05) is 23.6 Å². The van der Waals surface area contributed by atoms with Gasteiger partial charge in [0.1, 0.15) is 5.82 Å². The number of halogens is 1. The van der Waals surface area contributed by atoms with Gasteiger partial charge in [0.15, 0.2) is 5.78 Å². The van der Waals surface area contributed by atoms with Crippen LogP contribution < -0.4 is 10.6 Å². The summed E-state index contributed by atoms with van der Waals surface area (Å²) in [5.74, 6) is -1.69. The molecule has 0 aliphatic heterocycles. The van der Waals surface area contributed by atoms with Crippen LogP contribution in [0.5, 0.6) is 0 Å². The van der Waals surface area contributed by atoms with E-state index in [-0.39, 0.29) is 22.6 Å². The summed E-state index contributed by atoms with van der Waals surface area (Å²) in [7, 11) is 0. The molecule has 0 radical (unpaired) electrons. The van der Waals surface area contributed by atoms with Crippen molar-refractivity contribution in [1.82, 2.24) is 4.98 Å². The standard InChI is InChI=1S/C21H16FN3O3/c1-13(26)14-6-8-17(9-7-14)24-20(27)15-10-16(12-23-11-15)21(28)25-19-5-3-2-4-18(19)22/h2-12H,1H3,(H,24,27)(H,25,28). The SMILES string of the molecule is CC(=O)c1ccc(NC(=O)c2cncc(C(=O)Nc3ccccc3F)c2)cc1. The van der Waals surface area contributed by atoms with Crippen molar-refractivity contribution in [2.75, 3.05) is 10.6 Å². The number of rotatable bonds is 5. The van der Waals surface area contributed by atoms with E-state index in [1.54, 1.807) is 30.3 Å². The predicted octanol–water partition coefficient (Wildman–Crippen LogP) is 3.93. The number of nitrogens with one attached hydrogen (secondary N) is 2. The van der Waals surface area contributed by atoms with Gasteiger partial charge in [-0.3, -0.25) is 19.4 Å². The van der Waals surface area contributed by atoms with E-state index < -0.39 is 17.6 Å². The number of carbonyl (C=O) groups is 3. The molecule has 2 aromatic carbocycles. The van der Waals surface area contributed by atoms with Crippen molar-refractivity contribution in [1.29, 1.82) is 0 Å². The van der Waals surface area contributed by atoms with Crippen molar-refractivity contribution >= 4 is 29.0 Å². The first-order valence-corrected chi connectivity index (χ1v) is 8.37. The molecular formula is C21H16FN3O3. The molecule has 6 nitrogen and oxygen atoms in total. The van der Waals surface area contributed by atoms with Gasteiger partial charge < -0.3 is 10.6 Å². The van der Waals surface area contributed by atoms with Crippen LogP contribution in [0.15, 0.2) is 67.0 Å². The molecule has 7 heteroatoms. The molecule has 28 heavy (non-hydrogen) atoms. The molecule has 0 spiro atoms. The quantitative estimate of drug-likeness (QED) is 0.660. The van der Waals surface area contributed by atoms with Crippen LogP contribution in [-0.4, -0.2) is 22.6 Å². The van der Waals surface area contributed by atoms with Crippen molar-refractivity contribution < 1.29 is 18.8 Å². The van der Waals surface area contributed by atoms with E-state index in [1.807, 2.05) is 0 Å². The van der Waals surface area contributed by atoms with Crippen LogP contribution in [0.4, 0.5) is 15.8 Å². The first kappa shape index (κ1) is 18.9. The monoisotopic (exact) mass is 377 g/mol. The Labute approximate surface area is 160 Å². The lowest BCUT2D eigenvalue weighted by Gasteiger charge is -2.08. The second-order valence-electron chi connectivity index (χ2n) is 5.98. The number of aromatic nitrogens is 1. The Balaban J connectivity index is 1.73. The number of nitrogens with zero attached hydrogens (tertiary/aromatic N) is 1. The van der Waals surface area contributed by atoms with Crippen molar-refractivity contribution in [3.63, 3.8) is 0 Å². The summed E-state index contributed by atoms with van der Waals surface area (Å²) in [6.07, 6.45) is 2.60. The number of hydrogen-bond donors (Lipinski definition) is 2. The average Bonchev–Trinajstić information content (AvgIpc) is 2.70. The Morgan fingerprint density at radius 1 is 0.821 bits per heavy atom. The summed E-state index contributed by atoms with van der Waals surface area (Å²) >= 11 is 0. The Morgan fingerprint density at radius 2 is 1.43 bits per heavy atom. The molecule has 0 saturated carbocycles. The van der Waals surface area contributed by atoms with Crippen LogP contribution in [0.3, 0.4) is 0 Å². The smallest absolute Gasteiger partial charge is 0.257 e. The molecular weight excluding hydrogens is 361 g/mol. The molecule has 1 heterocycles. The summed E-state index contributed by atoms with van der Waals surface area (Å²) in [4.78, 5) is 39.9. The normalized spacial score (nSPS) is 10.2. The second-order valence-corrected chi connectivity index (χ2v) is 5.98. The maximum absolute atomic E-state index is 13.7. The molecule has 0 aliphatic rings. The van der Waals surface area contributed by atoms with E-state index >= 15 is 0 Å². The minimum atomic E-state index is -0.585. The molecule has 0 fully saturated rings. The van der Waals surface area contributed by atoms with Gasteiger partial charge in [-0.05, 0) is 49.4 Å². The number of pyridine rings is 1. The summed E-state index contributed by atoms with van der Waals surface area (Å²) in [6.45, 7) is 1.46. The van der Waals surface area contributed by atoms with E-state index in [0.29, 0.717) is 11.3 Å². The predicted molar refractivity (Wildman–Crippen MR) is 103 cm³/mol. The van der Waals surface area contributed by atoms with Gasteiger partial charge in [-0.25, -0.2) is 4.39 Å². The van der Waals surface area contributed by atoms with Crippen LogP contribution in [0.2, 0.25) is 0 Å². The number of para-hydroxylation sites is 1. The highest BCUT2D eigenvalue weighted by Gasteiger charge is 2.13. The average molecular weight is 377 g/mol. The fourth-order valence-electron chi connectivity index (χ4n) is 2.44. The van der Waals surface area contributed by atoms with E-state index in [1.165, 1.54) is 43.6 Å². The van der Waals surface area contributed by atoms with E-state index in [9.17, 15) is 18.8 Å². The highest BCUT2D eigenvalue weighted by molar-refractivity contribution is 6.08. The lowest BCUT2D eigenvalue weighted by molar-refractivity contribution is 0.101. The van der Waals surface area contributed by atoms with Crippen LogP contribution in [0, 0.1) is 5.82 Å². The Morgan fingerprint density at radius 3 is 2.04 bits per heavy atom. The third-order valence-electron chi connectivity index (χ3n) is 3.93. The Kier molecular flexibility index (Phi) is 5.55. The molecule has 0 saturated heterocycles. The van der Waals surface area contributed by atoms with Gasteiger partial charge in [-0.1, -0.05) is 12.1 Å². The number of hydrogen-bond acceptors (Lipinski definition) is 4. The molecule has 2 N–H and O–H groups in total. The Bertz CT molecular complexity index is 1050. The largest absolute Gasteiger partial charge is 0.322 e. The first-order chi connectivity index (χ1) is 13.4. The summed E-state index contributed by atoms with van der Waals surface area (Å²) < 4.78 is 13.7. The molecule has 0 bridgehead atoms. The summed E-state index contributed by atoms with van der Waals surface area (Å²) in [5, 5.41) is 5.11. The zero-order valence-corrected chi connectivity index (χ0v) is 14.9. The van der Waals surface area contributed by atoms with Crippen LogP contribution in [-0.2, 0) is 0 Å². The molecule has 0 aliphatic carbocycles. The number of benzene rings is 2. The van der Waals surface area contributed by atoms with Crippen molar-refractivity contribution in [3.8, 4) is 0 Å². The topological polar surface area (TPSA) is 88.2 Å². The lowest BCUT2D eigenvalue weighted by Crippen LogP contribution is -2.16. The zero-order valence-electron chi connectivity index (χ0n) is 14.9. The lowest BCUT2D eigenvalue weighted by atomic mass is 10.1. The third kappa shape index (κ3) is 4.45. The number of Topliss-reactive ketones (excluding diaryl/α,β-unsaturated/α-hetero) is 1. The molecule has 0 unspecified atom stereocenters. The molecule has 2 amide bonds. The van der Waals surface area contributed by atoms with Gasteiger partial charge in [-0.2, -0.15) is 0 Å². The number of amides is 2. The van der Waals surface area contributed by atoms with E-state index in [0.717, 1.165) is 0 Å². The molecule has 3 aromatic rings. The second kappa shape index (κ2) is 8.22. The highest BCUT2D eigenvalue weighted by atomic mass is 19.1. The van der Waals surface area contributed by atoms with Crippen molar-refractivity contribution in [2.45, 2.75) is 6.92 Å². The van der Waals surface area contributed by atoms with E-state index in [2.05, 4.69) is 15.6 Å². The van der Waals surface area contributed by atoms with E-state index in [4.69, 9.17) is 0 Å². The molecule has 3 rings (SSSR count). The zero-order chi connectivity index (χ0) is 20.1. The minimum absolute atomic E-state index is 0.0351. The van der Waals surface area contributed by atoms with Crippen LogP contribution >= 0.6 is 0 Å². The third-order valence-corrected chi connectivity index (χ3v) is 3.93. The van der Waals surface area contributed by atoms with Crippen LogP contribution in [0.25, 0.3) is 0 Å². The maximum atomic E-state index is 13.7. The van der Waals surface area contributed by atoms with Crippen LogP contribution in [0.1, 0.15) is 38.0 Å². The molecule has 140 valence electrons. The van der Waals surface area contributed by atoms with Gasteiger partial charge >= 0.3 is 0 Å². The fourth-order valence-corrected chi connectivity index (χ4v) is 2.44. The van der Waals surface area contributed by atoms with Gasteiger partial charge in [0.2, 0.25) is 0 Å². The van der Waals surface area contributed by atoms with Gasteiger partial charge in [0.25, 0.3) is 11.8 Å². The summed E-state index contributed by atoms with van der Waals surface area (Å²) in [5.41, 5.74) is 1.34. The fraction of sp³-hybridized carbons (Fsp3) is 0.0476. The van der Waals surface area contributed by atoms with Gasteiger partial charge in [0.05, 0.1) is 16.8 Å². The number of ketones is 1.